The quantitative estimate of drug-likeness (QED) is 0.401. The van der Waals surface area contributed by atoms with Gasteiger partial charge >= 0.3 is 17.0 Å². The lowest BCUT2D eigenvalue weighted by atomic mass is 10.3. The Morgan fingerprint density at radius 2 is 2.10 bits per heavy atom. The monoisotopic (exact) mass is 165 g/mol. The van der Waals surface area contributed by atoms with Crippen molar-refractivity contribution in [3.8, 4) is 0 Å². The molecule has 0 fully saturated rings. The van der Waals surface area contributed by atoms with E-state index in [4.69, 9.17) is 5.73 Å². The molecule has 0 aromatic heterocycles. The second-order valence-electron chi connectivity index (χ2n) is 1.45. The highest BCUT2D eigenvalue weighted by Crippen LogP contribution is 1.92. The fourth-order valence-electron chi connectivity index (χ4n) is 0.208. The van der Waals surface area contributed by atoms with Crippen LogP contribution in [-0.4, -0.2) is 14.4 Å². The Labute approximate surface area is 59.6 Å². The van der Waals surface area contributed by atoms with E-state index >= 15 is 0 Å². The topological polar surface area (TPSA) is 86.5 Å². The maximum absolute atomic E-state index is 10.4. The van der Waals surface area contributed by atoms with E-state index in [-0.39, 0.29) is 5.57 Å². The van der Waals surface area contributed by atoms with E-state index in [1.807, 2.05) is 0 Å². The number of thiol groups is 1. The van der Waals surface area contributed by atoms with Crippen molar-refractivity contribution in [2.24, 2.45) is 5.73 Å². The highest BCUT2D eigenvalue weighted by atomic mass is 32.2. The lowest BCUT2D eigenvalue weighted by molar-refractivity contribution is -0.129. The van der Waals surface area contributed by atoms with Crippen molar-refractivity contribution in [2.75, 3.05) is 0 Å². The first-order valence-electron chi connectivity index (χ1n) is 2.33. The van der Waals surface area contributed by atoms with Crippen LogP contribution in [0.5, 0.6) is 0 Å². The summed E-state index contributed by atoms with van der Waals surface area (Å²) >= 11 is 0. The van der Waals surface area contributed by atoms with Crippen molar-refractivity contribution in [3.63, 3.8) is 0 Å². The predicted octanol–water partition coefficient (Wildman–Crippen LogP) is -1.08. The molecule has 0 heterocycles. The molecule has 0 unspecified atom stereocenters. The van der Waals surface area contributed by atoms with E-state index in [0.29, 0.717) is 0 Å². The first-order valence-corrected chi connectivity index (χ1v) is 3.42. The van der Waals surface area contributed by atoms with Crippen LogP contribution < -0.4 is 5.73 Å². The minimum atomic E-state index is -3.12. The second-order valence-corrected chi connectivity index (χ2v) is 2.08. The second kappa shape index (κ2) is 3.89. The van der Waals surface area contributed by atoms with Gasteiger partial charge in [-0.2, -0.15) is 8.42 Å². The van der Waals surface area contributed by atoms with Crippen LogP contribution in [0.25, 0.3) is 0 Å². The lowest BCUT2D eigenvalue weighted by Gasteiger charge is -1.92. The summed E-state index contributed by atoms with van der Waals surface area (Å²) in [5.41, 5.74) is 4.94. The first-order chi connectivity index (χ1) is 4.57. The van der Waals surface area contributed by atoms with Gasteiger partial charge in [0.2, 0.25) is 0 Å². The van der Waals surface area contributed by atoms with Crippen LogP contribution in [0.1, 0.15) is 6.92 Å². The van der Waals surface area contributed by atoms with Crippen molar-refractivity contribution in [1.82, 2.24) is 0 Å². The Morgan fingerprint density at radius 3 is 2.40 bits per heavy atom. The molecule has 10 heavy (non-hydrogen) atoms. The van der Waals surface area contributed by atoms with Crippen LogP contribution in [0.4, 0.5) is 0 Å². The van der Waals surface area contributed by atoms with Gasteiger partial charge in [-0.1, -0.05) is 0 Å². The average Bonchev–Trinajstić information content (AvgIpc) is 1.85. The van der Waals surface area contributed by atoms with Gasteiger partial charge in [-0.15, -0.1) is 0 Å². The Kier molecular flexibility index (Phi) is 3.48. The van der Waals surface area contributed by atoms with Gasteiger partial charge in [0, 0.05) is 6.20 Å². The van der Waals surface area contributed by atoms with E-state index in [1.165, 1.54) is 6.92 Å². The van der Waals surface area contributed by atoms with Crippen molar-refractivity contribution in [2.45, 2.75) is 6.92 Å². The molecule has 0 saturated heterocycles. The van der Waals surface area contributed by atoms with Gasteiger partial charge in [0.25, 0.3) is 0 Å². The van der Waals surface area contributed by atoms with Crippen LogP contribution in [0.2, 0.25) is 0 Å². The van der Waals surface area contributed by atoms with Gasteiger partial charge in [-0.05, 0) is 6.92 Å². The third-order valence-electron chi connectivity index (χ3n) is 0.729. The molecule has 6 heteroatoms. The molecule has 58 valence electrons. The molecular formula is C4H7NO4S. The van der Waals surface area contributed by atoms with Gasteiger partial charge in [0.1, 0.15) is 0 Å². The summed E-state index contributed by atoms with van der Waals surface area (Å²) in [5.74, 6) is -0.946. The summed E-state index contributed by atoms with van der Waals surface area (Å²) in [6.07, 6.45) is 0.973. The molecule has 0 aliphatic heterocycles. The molecule has 5 nitrogen and oxygen atoms in total. The minimum Gasteiger partial charge on any atom is -0.404 e. The number of hydrogen-bond donors (Lipinski definition) is 2. The highest BCUT2D eigenvalue weighted by molar-refractivity contribution is 7.67. The molecule has 0 aromatic carbocycles. The van der Waals surface area contributed by atoms with Crippen LogP contribution >= 0.6 is 0 Å². The number of nitrogens with two attached hydrogens (primary N) is 1. The zero-order chi connectivity index (χ0) is 8.15. The largest absolute Gasteiger partial charge is 0.404 e. The van der Waals surface area contributed by atoms with E-state index in [0.717, 1.165) is 6.20 Å². The highest BCUT2D eigenvalue weighted by Gasteiger charge is 2.04. The van der Waals surface area contributed by atoms with Crippen LogP contribution in [0, 0.1) is 0 Å². The fraction of sp³-hybridized carbons (Fsp3) is 0.250. The SMILES string of the molecule is CC(=CN)C(=O)O[SH](=O)=O. The average molecular weight is 165 g/mol. The molecule has 0 saturated carbocycles. The van der Waals surface area contributed by atoms with E-state index < -0.39 is 17.0 Å². The molecule has 0 rings (SSSR count). The van der Waals surface area contributed by atoms with E-state index in [2.05, 4.69) is 4.18 Å². The normalized spacial score (nSPS) is 11.6. The third-order valence-corrected chi connectivity index (χ3v) is 1.04. The lowest BCUT2D eigenvalue weighted by Crippen LogP contribution is -2.05. The predicted molar refractivity (Wildman–Crippen MR) is 34.4 cm³/mol. The summed E-state index contributed by atoms with van der Waals surface area (Å²) in [6, 6.07) is 0. The Hall–Kier alpha value is -1.04. The summed E-state index contributed by atoms with van der Waals surface area (Å²) in [5, 5.41) is 0. The van der Waals surface area contributed by atoms with Gasteiger partial charge in [-0.3, -0.25) is 0 Å². The third kappa shape index (κ3) is 3.08. The van der Waals surface area contributed by atoms with Crippen molar-refractivity contribution >= 4 is 17.0 Å². The number of carbonyl (C=O) groups is 1. The number of rotatable bonds is 2. The Bertz CT molecular complexity index is 221. The maximum atomic E-state index is 10.4. The molecular weight excluding hydrogens is 158 g/mol. The van der Waals surface area contributed by atoms with Crippen molar-refractivity contribution in [3.05, 3.63) is 11.8 Å². The molecule has 0 radical (unpaired) electrons. The fourth-order valence-corrected chi connectivity index (χ4v) is 0.487. The van der Waals surface area contributed by atoms with E-state index in [1.54, 1.807) is 0 Å². The van der Waals surface area contributed by atoms with Crippen molar-refractivity contribution in [1.29, 1.82) is 0 Å². The Balaban J connectivity index is 4.12. The van der Waals surface area contributed by atoms with Gasteiger partial charge in [0.05, 0.1) is 5.57 Å². The maximum Gasteiger partial charge on any atom is 0.350 e. The molecule has 0 aromatic rings. The molecule has 0 amide bonds. The van der Waals surface area contributed by atoms with Crippen LogP contribution in [0.15, 0.2) is 11.8 Å². The molecule has 2 N–H and O–H groups in total. The summed E-state index contributed by atoms with van der Waals surface area (Å²) < 4.78 is 23.3. The van der Waals surface area contributed by atoms with E-state index in [9.17, 15) is 13.2 Å². The molecule has 0 spiro atoms. The number of carbonyl (C=O) groups excluding carboxylic acids is 1. The zero-order valence-electron chi connectivity index (χ0n) is 5.23. The van der Waals surface area contributed by atoms with Crippen LogP contribution in [-0.2, 0) is 20.0 Å². The summed E-state index contributed by atoms with van der Waals surface area (Å²) in [7, 11) is -3.12. The first kappa shape index (κ1) is 8.96. The summed E-state index contributed by atoms with van der Waals surface area (Å²) in [6.45, 7) is 1.35. The molecule has 0 aliphatic rings. The Morgan fingerprint density at radius 1 is 1.60 bits per heavy atom. The molecule has 0 aliphatic carbocycles. The van der Waals surface area contributed by atoms with Gasteiger partial charge in [0.15, 0.2) is 0 Å². The van der Waals surface area contributed by atoms with Crippen molar-refractivity contribution < 1.29 is 17.4 Å². The van der Waals surface area contributed by atoms with Gasteiger partial charge < -0.3 is 9.92 Å². The van der Waals surface area contributed by atoms with Crippen LogP contribution in [0.3, 0.4) is 0 Å². The standard InChI is InChI=1S/C4H7NO4S/c1-3(2-5)4(6)9-10(7)8/h2,10H,5H2,1H3. The summed E-state index contributed by atoms with van der Waals surface area (Å²) in [4.78, 5) is 10.4. The molecule has 0 bridgehead atoms. The van der Waals surface area contributed by atoms with Gasteiger partial charge in [-0.25, -0.2) is 4.79 Å². The number of hydrogen-bond acceptors (Lipinski definition) is 5. The smallest absolute Gasteiger partial charge is 0.350 e. The molecule has 0 atom stereocenters. The minimum absolute atomic E-state index is 0.0548. The zero-order valence-corrected chi connectivity index (χ0v) is 6.13.